The number of aromatic nitrogens is 2. The van der Waals surface area contributed by atoms with Crippen molar-refractivity contribution in [2.75, 3.05) is 12.8 Å². The Morgan fingerprint density at radius 3 is 2.38 bits per heavy atom. The first kappa shape index (κ1) is 15.8. The Balaban J connectivity index is 2.38. The molecule has 0 amide bonds. The molecule has 2 N–H and O–H groups in total. The van der Waals surface area contributed by atoms with Crippen molar-refractivity contribution in [3.8, 4) is 0 Å². The van der Waals surface area contributed by atoms with E-state index in [-0.39, 0.29) is 16.9 Å². The number of benzene rings is 1. The molecule has 2 rings (SSSR count). The number of hydrogen-bond donors (Lipinski definition) is 1. The van der Waals surface area contributed by atoms with E-state index in [2.05, 4.69) is 4.98 Å². The van der Waals surface area contributed by atoms with Gasteiger partial charge in [-0.2, -0.15) is 4.31 Å². The van der Waals surface area contributed by atoms with Gasteiger partial charge >= 0.3 is 0 Å². The number of imidazole rings is 1. The average molecular weight is 329 g/mol. The van der Waals surface area contributed by atoms with E-state index in [0.29, 0.717) is 5.02 Å². The van der Waals surface area contributed by atoms with Crippen LogP contribution < -0.4 is 5.73 Å². The highest BCUT2D eigenvalue weighted by Gasteiger charge is 2.31. The number of hydrogen-bond acceptors (Lipinski definition) is 4. The van der Waals surface area contributed by atoms with Gasteiger partial charge in [-0.15, -0.1) is 0 Å². The number of anilines is 1. The summed E-state index contributed by atoms with van der Waals surface area (Å²) in [6.45, 7) is 1.80. The van der Waals surface area contributed by atoms with Gasteiger partial charge in [0.05, 0.1) is 6.33 Å². The van der Waals surface area contributed by atoms with Gasteiger partial charge in [0.15, 0.2) is 10.8 Å². The summed E-state index contributed by atoms with van der Waals surface area (Å²) in [5.74, 6) is -0.00680. The zero-order valence-electron chi connectivity index (χ0n) is 12.0. The molecule has 2 aromatic rings. The second kappa shape index (κ2) is 5.67. The molecule has 1 aromatic carbocycles. The minimum Gasteiger partial charge on any atom is -0.381 e. The van der Waals surface area contributed by atoms with Crippen LogP contribution in [-0.2, 0) is 17.1 Å². The number of nitrogens with two attached hydrogens (primary N) is 1. The zero-order valence-corrected chi connectivity index (χ0v) is 13.6. The maximum Gasteiger partial charge on any atom is 0.262 e. The van der Waals surface area contributed by atoms with Crippen molar-refractivity contribution in [3.63, 3.8) is 0 Å². The Hall–Kier alpha value is -1.57. The Morgan fingerprint density at radius 2 is 1.90 bits per heavy atom. The van der Waals surface area contributed by atoms with E-state index in [1.165, 1.54) is 22.2 Å². The highest BCUT2D eigenvalue weighted by molar-refractivity contribution is 7.89. The molecule has 114 valence electrons. The summed E-state index contributed by atoms with van der Waals surface area (Å²) in [5, 5.41) is 0.596. The standard InChI is InChI=1S/C13H17ClN4O2S/c1-9(10-4-6-11(14)7-5-10)18(3)21(19,20)13-12(15)16-8-17(13)2/h4-9H,15H2,1-3H3. The lowest BCUT2D eigenvalue weighted by molar-refractivity contribution is 0.395. The second-order valence-electron chi connectivity index (χ2n) is 4.79. The Labute approximate surface area is 129 Å². The quantitative estimate of drug-likeness (QED) is 0.931. The van der Waals surface area contributed by atoms with Crippen molar-refractivity contribution in [1.82, 2.24) is 13.9 Å². The third kappa shape index (κ3) is 2.90. The maximum atomic E-state index is 12.7. The predicted molar refractivity (Wildman–Crippen MR) is 82.4 cm³/mol. The second-order valence-corrected chi connectivity index (χ2v) is 7.14. The normalized spacial score (nSPS) is 13.6. The maximum absolute atomic E-state index is 12.7. The van der Waals surface area contributed by atoms with Gasteiger partial charge in [0, 0.05) is 25.2 Å². The highest BCUT2D eigenvalue weighted by Crippen LogP contribution is 2.28. The van der Waals surface area contributed by atoms with Crippen molar-refractivity contribution < 1.29 is 8.42 Å². The molecule has 0 aliphatic carbocycles. The molecule has 21 heavy (non-hydrogen) atoms. The smallest absolute Gasteiger partial charge is 0.262 e. The number of nitrogen functional groups attached to an aromatic ring is 1. The molecule has 0 fully saturated rings. The van der Waals surface area contributed by atoms with E-state index < -0.39 is 10.0 Å². The van der Waals surface area contributed by atoms with Gasteiger partial charge < -0.3 is 10.3 Å². The molecule has 0 aliphatic rings. The lowest BCUT2D eigenvalue weighted by atomic mass is 10.1. The first-order chi connectivity index (χ1) is 9.75. The van der Waals surface area contributed by atoms with Crippen LogP contribution in [0.5, 0.6) is 0 Å². The first-order valence-corrected chi connectivity index (χ1v) is 8.07. The minimum absolute atomic E-state index is 0.00680. The van der Waals surface area contributed by atoms with Gasteiger partial charge in [-0.1, -0.05) is 23.7 Å². The minimum atomic E-state index is -3.74. The van der Waals surface area contributed by atoms with Gasteiger partial charge in [0.2, 0.25) is 0 Å². The number of halogens is 1. The van der Waals surface area contributed by atoms with Crippen molar-refractivity contribution >= 4 is 27.4 Å². The van der Waals surface area contributed by atoms with Crippen LogP contribution in [0.2, 0.25) is 5.02 Å². The molecule has 0 aliphatic heterocycles. The lowest BCUT2D eigenvalue weighted by Crippen LogP contribution is -2.31. The van der Waals surface area contributed by atoms with Crippen LogP contribution in [0.25, 0.3) is 0 Å². The molecule has 1 heterocycles. The van der Waals surface area contributed by atoms with Crippen LogP contribution in [0.3, 0.4) is 0 Å². The van der Waals surface area contributed by atoms with Crippen molar-refractivity contribution in [2.24, 2.45) is 7.05 Å². The molecule has 0 bridgehead atoms. The Bertz CT molecular complexity index is 721. The number of rotatable bonds is 4. The van der Waals surface area contributed by atoms with Crippen LogP contribution in [0, 0.1) is 0 Å². The van der Waals surface area contributed by atoms with Crippen molar-refractivity contribution in [2.45, 2.75) is 18.0 Å². The number of nitrogens with zero attached hydrogens (tertiary/aromatic N) is 3. The molecule has 8 heteroatoms. The molecule has 6 nitrogen and oxygen atoms in total. The monoisotopic (exact) mass is 328 g/mol. The largest absolute Gasteiger partial charge is 0.381 e. The van der Waals surface area contributed by atoms with Crippen LogP contribution in [0.1, 0.15) is 18.5 Å². The highest BCUT2D eigenvalue weighted by atomic mass is 35.5. The Morgan fingerprint density at radius 1 is 1.33 bits per heavy atom. The van der Waals surface area contributed by atoms with E-state index in [9.17, 15) is 8.42 Å². The molecule has 0 saturated carbocycles. The molecule has 1 atom stereocenters. The van der Waals surface area contributed by atoms with Crippen molar-refractivity contribution in [3.05, 3.63) is 41.2 Å². The number of sulfonamides is 1. The van der Waals surface area contributed by atoms with E-state index >= 15 is 0 Å². The van der Waals surface area contributed by atoms with Crippen LogP contribution >= 0.6 is 11.6 Å². The van der Waals surface area contributed by atoms with Gasteiger partial charge in [-0.3, -0.25) is 0 Å². The summed E-state index contributed by atoms with van der Waals surface area (Å²) in [6, 6.07) is 6.69. The van der Waals surface area contributed by atoms with E-state index in [0.717, 1.165) is 5.56 Å². The molecule has 1 unspecified atom stereocenters. The van der Waals surface area contributed by atoms with Crippen LogP contribution in [-0.4, -0.2) is 29.3 Å². The topological polar surface area (TPSA) is 81.2 Å². The summed E-state index contributed by atoms with van der Waals surface area (Å²) in [5.41, 5.74) is 6.51. The van der Waals surface area contributed by atoms with Gasteiger partial charge in [0.1, 0.15) is 0 Å². The summed E-state index contributed by atoms with van der Waals surface area (Å²) in [4.78, 5) is 3.83. The van der Waals surface area contributed by atoms with Crippen LogP contribution in [0.4, 0.5) is 5.82 Å². The molecule has 0 radical (unpaired) electrons. The zero-order chi connectivity index (χ0) is 15.8. The molecular weight excluding hydrogens is 312 g/mol. The molecule has 1 aromatic heterocycles. The predicted octanol–water partition coefficient (Wildman–Crippen LogP) is 2.04. The van der Waals surface area contributed by atoms with E-state index in [1.54, 1.807) is 38.2 Å². The third-order valence-electron chi connectivity index (χ3n) is 3.43. The summed E-state index contributed by atoms with van der Waals surface area (Å²) in [7, 11) is -0.629. The Kier molecular flexibility index (Phi) is 4.27. The van der Waals surface area contributed by atoms with Gasteiger partial charge in [-0.05, 0) is 24.6 Å². The van der Waals surface area contributed by atoms with Crippen LogP contribution in [0.15, 0.2) is 35.6 Å². The van der Waals surface area contributed by atoms with Crippen molar-refractivity contribution in [1.29, 1.82) is 0 Å². The van der Waals surface area contributed by atoms with Gasteiger partial charge in [0.25, 0.3) is 10.0 Å². The summed E-state index contributed by atoms with van der Waals surface area (Å²) >= 11 is 5.85. The SMILES string of the molecule is CC(c1ccc(Cl)cc1)N(C)S(=O)(=O)c1c(N)ncn1C. The first-order valence-electron chi connectivity index (χ1n) is 6.25. The molecule has 0 spiro atoms. The fourth-order valence-corrected chi connectivity index (χ4v) is 3.71. The fraction of sp³-hybridized carbons (Fsp3) is 0.308. The fourth-order valence-electron chi connectivity index (χ4n) is 2.05. The van der Waals surface area contributed by atoms with Gasteiger partial charge in [-0.25, -0.2) is 13.4 Å². The average Bonchev–Trinajstić information content (AvgIpc) is 2.78. The molecule has 0 saturated heterocycles. The summed E-state index contributed by atoms with van der Waals surface area (Å²) < 4.78 is 28.0. The van der Waals surface area contributed by atoms with E-state index in [4.69, 9.17) is 17.3 Å². The lowest BCUT2D eigenvalue weighted by Gasteiger charge is -2.24. The third-order valence-corrected chi connectivity index (χ3v) is 5.74. The number of aryl methyl sites for hydroxylation is 1. The summed E-state index contributed by atoms with van der Waals surface area (Å²) in [6.07, 6.45) is 1.38. The molecular formula is C13H17ClN4O2S. The van der Waals surface area contributed by atoms with E-state index in [1.807, 2.05) is 0 Å².